The van der Waals surface area contributed by atoms with Gasteiger partial charge >= 0.3 is 0 Å². The second-order valence-electron chi connectivity index (χ2n) is 8.57. The van der Waals surface area contributed by atoms with Gasteiger partial charge in [-0.05, 0) is 56.0 Å². The lowest BCUT2D eigenvalue weighted by Crippen LogP contribution is -2.27. The van der Waals surface area contributed by atoms with E-state index in [9.17, 15) is 19.7 Å². The lowest BCUT2D eigenvalue weighted by Gasteiger charge is -2.22. The molecule has 11 heteroatoms. The van der Waals surface area contributed by atoms with Crippen LogP contribution < -0.4 is 9.64 Å². The first-order chi connectivity index (χ1) is 18.7. The largest absolute Gasteiger partial charge is 0.488 e. The van der Waals surface area contributed by atoms with E-state index in [4.69, 9.17) is 27.9 Å². The monoisotopic (exact) mass is 585 g/mol. The van der Waals surface area contributed by atoms with Crippen molar-refractivity contribution in [1.29, 1.82) is 0 Å². The summed E-state index contributed by atoms with van der Waals surface area (Å²) in [4.78, 5) is 40.2. The predicted octanol–water partition coefficient (Wildman–Crippen LogP) is 7.56. The number of rotatable bonds is 10. The van der Waals surface area contributed by atoms with Gasteiger partial charge in [0.15, 0.2) is 0 Å². The third-order valence-corrected chi connectivity index (χ3v) is 7.70. The summed E-state index contributed by atoms with van der Waals surface area (Å²) in [5.41, 5.74) is 2.42. The number of benzene rings is 3. The molecule has 8 nitrogen and oxygen atoms in total. The van der Waals surface area contributed by atoms with Crippen LogP contribution >= 0.6 is 35.0 Å². The van der Waals surface area contributed by atoms with Crippen LogP contribution in [0.4, 0.5) is 16.2 Å². The van der Waals surface area contributed by atoms with Crippen LogP contribution in [0.1, 0.15) is 30.5 Å². The Labute approximate surface area is 240 Å². The molecule has 1 aliphatic heterocycles. The maximum atomic E-state index is 13.2. The fourth-order valence-electron chi connectivity index (χ4n) is 4.12. The molecule has 1 fully saturated rings. The molecule has 3 aromatic rings. The summed E-state index contributed by atoms with van der Waals surface area (Å²) in [7, 11) is 0. The van der Waals surface area contributed by atoms with E-state index >= 15 is 0 Å². The number of imide groups is 1. The van der Waals surface area contributed by atoms with E-state index < -0.39 is 16.1 Å². The maximum Gasteiger partial charge on any atom is 0.293 e. The van der Waals surface area contributed by atoms with Crippen molar-refractivity contribution in [3.8, 4) is 5.75 Å². The molecule has 0 unspecified atom stereocenters. The molecule has 0 aliphatic carbocycles. The van der Waals surface area contributed by atoms with E-state index in [1.54, 1.807) is 30.3 Å². The lowest BCUT2D eigenvalue weighted by atomic mass is 10.1. The van der Waals surface area contributed by atoms with Crippen LogP contribution in [-0.4, -0.2) is 34.1 Å². The third-order valence-electron chi connectivity index (χ3n) is 6.20. The van der Waals surface area contributed by atoms with Gasteiger partial charge in [-0.3, -0.25) is 24.6 Å². The van der Waals surface area contributed by atoms with Crippen molar-refractivity contribution in [1.82, 2.24) is 4.90 Å². The van der Waals surface area contributed by atoms with Gasteiger partial charge < -0.3 is 9.64 Å². The molecule has 0 bridgehead atoms. The van der Waals surface area contributed by atoms with Gasteiger partial charge in [-0.15, -0.1) is 0 Å². The average molecular weight is 586 g/mol. The summed E-state index contributed by atoms with van der Waals surface area (Å²) in [5.74, 6) is -0.0152. The summed E-state index contributed by atoms with van der Waals surface area (Å²) in [6.45, 7) is 5.67. The Morgan fingerprint density at radius 1 is 1.03 bits per heavy atom. The Hall–Kier alpha value is -3.53. The summed E-state index contributed by atoms with van der Waals surface area (Å²) < 4.78 is 6.17. The van der Waals surface area contributed by atoms with Crippen LogP contribution in [0.15, 0.2) is 65.6 Å². The number of nitro groups is 1. The highest BCUT2D eigenvalue weighted by Crippen LogP contribution is 2.37. The Balaban J connectivity index is 1.64. The number of hydrogen-bond acceptors (Lipinski definition) is 7. The van der Waals surface area contributed by atoms with Crippen molar-refractivity contribution in [3.63, 3.8) is 0 Å². The molecule has 0 saturated carbocycles. The van der Waals surface area contributed by atoms with E-state index in [2.05, 4.69) is 18.7 Å². The van der Waals surface area contributed by atoms with Gasteiger partial charge in [-0.1, -0.05) is 47.5 Å². The normalized spacial score (nSPS) is 14.3. The standard InChI is InChI=1S/C28H25Cl2N3O5S/c1-3-31(4-2)22-12-10-18(25(15-22)38-17-20-9-11-21(29)14-23(20)30)13-26-27(34)32(28(35)39-26)16-19-7-5-6-8-24(19)33(36)37/h5-15H,3-4,16-17H2,1-2H3/b26-13+. The number of nitrogens with zero attached hydrogens (tertiary/aromatic N) is 3. The second-order valence-corrected chi connectivity index (χ2v) is 10.4. The number of carbonyl (C=O) groups is 2. The summed E-state index contributed by atoms with van der Waals surface area (Å²) >= 11 is 13.1. The molecule has 0 atom stereocenters. The number of thioether (sulfide) groups is 1. The molecule has 1 heterocycles. The van der Waals surface area contributed by atoms with Gasteiger partial charge in [-0.25, -0.2) is 0 Å². The molecule has 0 aromatic heterocycles. The molecular formula is C28H25Cl2N3O5S. The molecule has 2 amide bonds. The molecule has 0 spiro atoms. The number of ether oxygens (including phenoxy) is 1. The van der Waals surface area contributed by atoms with Crippen molar-refractivity contribution >= 4 is 63.6 Å². The van der Waals surface area contributed by atoms with Crippen molar-refractivity contribution in [2.75, 3.05) is 18.0 Å². The smallest absolute Gasteiger partial charge is 0.293 e. The van der Waals surface area contributed by atoms with E-state index in [1.165, 1.54) is 18.2 Å². The van der Waals surface area contributed by atoms with Gasteiger partial charge in [0, 0.05) is 57.6 Å². The topological polar surface area (TPSA) is 93.0 Å². The molecule has 202 valence electrons. The average Bonchev–Trinajstić information content (AvgIpc) is 3.17. The van der Waals surface area contributed by atoms with Gasteiger partial charge in [0.2, 0.25) is 0 Å². The van der Waals surface area contributed by atoms with Crippen LogP contribution in [0.25, 0.3) is 6.08 Å². The number of halogens is 2. The zero-order chi connectivity index (χ0) is 28.1. The van der Waals surface area contributed by atoms with Crippen LogP contribution in [0.5, 0.6) is 5.75 Å². The van der Waals surface area contributed by atoms with E-state index in [1.807, 2.05) is 18.2 Å². The van der Waals surface area contributed by atoms with Crippen LogP contribution in [0.2, 0.25) is 10.0 Å². The van der Waals surface area contributed by atoms with Crippen LogP contribution in [-0.2, 0) is 17.9 Å². The van der Waals surface area contributed by atoms with Crippen molar-refractivity contribution in [2.24, 2.45) is 0 Å². The predicted molar refractivity (Wildman–Crippen MR) is 155 cm³/mol. The molecule has 0 N–H and O–H groups in total. The van der Waals surface area contributed by atoms with Gasteiger partial charge in [0.25, 0.3) is 16.8 Å². The SMILES string of the molecule is CCN(CC)c1ccc(/C=C2/SC(=O)N(Cc3ccccc3[N+](=O)[O-])C2=O)c(OCc2ccc(Cl)cc2Cl)c1. The van der Waals surface area contributed by atoms with Crippen LogP contribution in [0, 0.1) is 10.1 Å². The molecular weight excluding hydrogens is 561 g/mol. The van der Waals surface area contributed by atoms with Crippen molar-refractivity contribution in [2.45, 2.75) is 27.0 Å². The summed E-state index contributed by atoms with van der Waals surface area (Å²) in [5, 5.41) is 11.9. The molecule has 4 rings (SSSR count). The number of hydrogen-bond donors (Lipinski definition) is 0. The minimum Gasteiger partial charge on any atom is -0.488 e. The first-order valence-electron chi connectivity index (χ1n) is 12.1. The second kappa shape index (κ2) is 12.5. The maximum absolute atomic E-state index is 13.2. The first-order valence-corrected chi connectivity index (χ1v) is 13.7. The zero-order valence-corrected chi connectivity index (χ0v) is 23.6. The Morgan fingerprint density at radius 2 is 1.77 bits per heavy atom. The van der Waals surface area contributed by atoms with Crippen molar-refractivity contribution in [3.05, 3.63) is 102 Å². The molecule has 39 heavy (non-hydrogen) atoms. The summed E-state index contributed by atoms with van der Waals surface area (Å²) in [6.07, 6.45) is 1.61. The van der Waals surface area contributed by atoms with Crippen LogP contribution in [0.3, 0.4) is 0 Å². The van der Waals surface area contributed by atoms with Gasteiger partial charge in [0.05, 0.1) is 16.4 Å². The van der Waals surface area contributed by atoms with E-state index in [0.29, 0.717) is 21.4 Å². The molecule has 0 radical (unpaired) electrons. The fraction of sp³-hybridized carbons (Fsp3) is 0.214. The zero-order valence-electron chi connectivity index (χ0n) is 21.2. The molecule has 1 aliphatic rings. The molecule has 1 saturated heterocycles. The highest BCUT2D eigenvalue weighted by molar-refractivity contribution is 8.18. The first kappa shape index (κ1) is 28.5. The minimum absolute atomic E-state index is 0.149. The quantitative estimate of drug-likeness (QED) is 0.137. The lowest BCUT2D eigenvalue weighted by molar-refractivity contribution is -0.385. The van der Waals surface area contributed by atoms with Gasteiger partial charge in [-0.2, -0.15) is 0 Å². The van der Waals surface area contributed by atoms with E-state index in [-0.39, 0.29) is 29.3 Å². The number of para-hydroxylation sites is 1. The highest BCUT2D eigenvalue weighted by Gasteiger charge is 2.36. The number of amides is 2. The Morgan fingerprint density at radius 3 is 2.46 bits per heavy atom. The number of carbonyl (C=O) groups excluding carboxylic acids is 2. The minimum atomic E-state index is -0.530. The third kappa shape index (κ3) is 6.55. The summed E-state index contributed by atoms with van der Waals surface area (Å²) in [6, 6.07) is 16.9. The Bertz CT molecular complexity index is 1460. The van der Waals surface area contributed by atoms with Gasteiger partial charge in [0.1, 0.15) is 12.4 Å². The Kier molecular flexibility index (Phi) is 9.16. The number of nitro benzene ring substituents is 1. The van der Waals surface area contributed by atoms with Crippen molar-refractivity contribution < 1.29 is 19.2 Å². The fourth-order valence-corrected chi connectivity index (χ4v) is 5.41. The molecule has 3 aromatic carbocycles. The number of anilines is 1. The highest BCUT2D eigenvalue weighted by atomic mass is 35.5. The van der Waals surface area contributed by atoms with E-state index in [0.717, 1.165) is 41.0 Å².